The molecule has 2 aromatic carbocycles. The fourth-order valence-electron chi connectivity index (χ4n) is 5.30. The molecule has 0 N–H and O–H groups in total. The van der Waals surface area contributed by atoms with Crippen molar-refractivity contribution in [2.45, 2.75) is 29.8 Å². The van der Waals surface area contributed by atoms with Crippen molar-refractivity contribution in [3.63, 3.8) is 0 Å². The summed E-state index contributed by atoms with van der Waals surface area (Å²) >= 11 is 1.38. The van der Waals surface area contributed by atoms with Gasteiger partial charge in [0.1, 0.15) is 6.17 Å². The predicted octanol–water partition coefficient (Wildman–Crippen LogP) is 3.81. The molecule has 0 unspecified atom stereocenters. The number of fused-ring (bicyclic) bond motifs is 4. The highest BCUT2D eigenvalue weighted by Crippen LogP contribution is 2.45. The maximum Gasteiger partial charge on any atom is 0.514 e. The van der Waals surface area contributed by atoms with Crippen molar-refractivity contribution in [3.8, 4) is 5.75 Å². The summed E-state index contributed by atoms with van der Waals surface area (Å²) in [6, 6.07) is 10.6. The first kappa shape index (κ1) is 25.4. The third-order valence-electron chi connectivity index (χ3n) is 6.98. The van der Waals surface area contributed by atoms with Crippen LogP contribution in [-0.4, -0.2) is 54.2 Å². The molecule has 0 bridgehead atoms. The molecule has 2 atom stereocenters. The number of aromatic nitrogens is 1. The third-order valence-corrected chi connectivity index (χ3v) is 8.10. The highest BCUT2D eigenvalue weighted by Gasteiger charge is 2.46. The summed E-state index contributed by atoms with van der Waals surface area (Å²) < 4.78 is 47.0. The smallest absolute Gasteiger partial charge is 0.434 e. The monoisotopic (exact) mass is 555 g/mol. The van der Waals surface area contributed by atoms with E-state index in [2.05, 4.69) is 0 Å². The fourth-order valence-corrected chi connectivity index (χ4v) is 6.41. The molecule has 3 aliphatic heterocycles. The van der Waals surface area contributed by atoms with E-state index in [4.69, 9.17) is 14.2 Å². The number of hydrogen-bond donors (Lipinski definition) is 0. The summed E-state index contributed by atoms with van der Waals surface area (Å²) in [5.41, 5.74) is 0.646. The Hall–Kier alpha value is -3.90. The zero-order chi connectivity index (χ0) is 27.3. The van der Waals surface area contributed by atoms with Gasteiger partial charge in [0.15, 0.2) is 17.3 Å². The predicted molar refractivity (Wildman–Crippen MR) is 136 cm³/mol. The van der Waals surface area contributed by atoms with E-state index in [1.165, 1.54) is 33.6 Å². The highest BCUT2D eigenvalue weighted by atomic mass is 32.2. The second kappa shape index (κ2) is 10.0. The molecule has 1 saturated heterocycles. The van der Waals surface area contributed by atoms with Gasteiger partial charge in [-0.3, -0.25) is 19.3 Å². The van der Waals surface area contributed by atoms with Crippen LogP contribution in [0.2, 0.25) is 0 Å². The summed E-state index contributed by atoms with van der Waals surface area (Å²) in [6.07, 6.45) is -0.371. The molecule has 0 radical (unpaired) electrons. The van der Waals surface area contributed by atoms with Gasteiger partial charge < -0.3 is 19.1 Å². The van der Waals surface area contributed by atoms with Crippen LogP contribution in [0.5, 0.6) is 5.75 Å². The minimum atomic E-state index is -1.12. The number of nitrogens with zero attached hydrogens (tertiary/aromatic N) is 3. The second-order valence-corrected chi connectivity index (χ2v) is 10.1. The number of carbonyl (C=O) groups excluding carboxylic acids is 2. The molecule has 0 saturated carbocycles. The summed E-state index contributed by atoms with van der Waals surface area (Å²) in [6.45, 7) is 2.18. The first-order valence-electron chi connectivity index (χ1n) is 12.4. The van der Waals surface area contributed by atoms with E-state index in [9.17, 15) is 18.8 Å². The Balaban J connectivity index is 1.63. The van der Waals surface area contributed by atoms with E-state index in [-0.39, 0.29) is 43.4 Å². The van der Waals surface area contributed by atoms with Crippen LogP contribution in [0.25, 0.3) is 0 Å². The van der Waals surface area contributed by atoms with Gasteiger partial charge in [-0.25, -0.2) is 13.6 Å². The van der Waals surface area contributed by atoms with Gasteiger partial charge in [-0.2, -0.15) is 0 Å². The Morgan fingerprint density at radius 1 is 1.13 bits per heavy atom. The molecule has 202 valence electrons. The van der Waals surface area contributed by atoms with Gasteiger partial charge in [0.25, 0.3) is 5.91 Å². The lowest BCUT2D eigenvalue weighted by atomic mass is 9.93. The van der Waals surface area contributed by atoms with Gasteiger partial charge in [0.05, 0.1) is 25.9 Å². The van der Waals surface area contributed by atoms with Crippen molar-refractivity contribution in [2.24, 2.45) is 0 Å². The minimum absolute atomic E-state index is 0.0102. The third kappa shape index (κ3) is 4.14. The normalized spacial score (nSPS) is 19.8. The van der Waals surface area contributed by atoms with Crippen molar-refractivity contribution in [1.82, 2.24) is 9.58 Å². The van der Waals surface area contributed by atoms with Crippen LogP contribution in [0.3, 0.4) is 0 Å². The molecule has 9 nitrogen and oxygen atoms in total. The first-order valence-corrected chi connectivity index (χ1v) is 13.3. The van der Waals surface area contributed by atoms with Crippen molar-refractivity contribution >= 4 is 23.8 Å². The number of carbonyl (C=O) groups is 2. The summed E-state index contributed by atoms with van der Waals surface area (Å²) in [7, 11) is 0. The molecule has 6 rings (SSSR count). The first-order chi connectivity index (χ1) is 18.9. The second-order valence-electron chi connectivity index (χ2n) is 9.08. The van der Waals surface area contributed by atoms with E-state index in [1.54, 1.807) is 18.0 Å². The van der Waals surface area contributed by atoms with Gasteiger partial charge in [-0.05, 0) is 30.2 Å². The van der Waals surface area contributed by atoms with Crippen LogP contribution >= 0.6 is 11.8 Å². The molecule has 1 fully saturated rings. The maximum absolute atomic E-state index is 15.2. The number of morpholine rings is 1. The van der Waals surface area contributed by atoms with Crippen LogP contribution in [0.1, 0.15) is 40.1 Å². The molecule has 1 aromatic heterocycles. The SMILES string of the molecule is CCOC(=O)Oc1c2n(ccc1=O)N([C@@H]1c3ccccc3SCc3c1ccc(F)c3F)[C@@H]1COCCN1C2=O. The standard InChI is InChI=1S/C27H23F2N3O6S/c1-2-37-27(35)38-25-19(33)9-10-31-24(25)26(34)30-11-12-36-13-21(30)32(31)23-15-7-8-18(28)22(29)17(15)14-39-20-6-4-3-5-16(20)23/h3-10,21,23H,2,11-14H2,1H3/t21-,23+/m1/s1. The van der Waals surface area contributed by atoms with Gasteiger partial charge in [0, 0.05) is 35.0 Å². The van der Waals surface area contributed by atoms with Crippen LogP contribution in [0, 0.1) is 11.6 Å². The maximum atomic E-state index is 15.2. The number of thioether (sulfide) groups is 1. The number of hydrogen-bond acceptors (Lipinski definition) is 8. The molecule has 3 aliphatic rings. The number of ether oxygens (including phenoxy) is 3. The zero-order valence-electron chi connectivity index (χ0n) is 20.8. The van der Waals surface area contributed by atoms with Gasteiger partial charge in [0.2, 0.25) is 11.2 Å². The largest absolute Gasteiger partial charge is 0.514 e. The van der Waals surface area contributed by atoms with E-state index in [1.807, 2.05) is 24.3 Å². The lowest BCUT2D eigenvalue weighted by Gasteiger charge is -2.51. The quantitative estimate of drug-likeness (QED) is 0.451. The molecule has 0 aliphatic carbocycles. The van der Waals surface area contributed by atoms with E-state index >= 15 is 4.39 Å². The van der Waals surface area contributed by atoms with Gasteiger partial charge in [-0.1, -0.05) is 24.3 Å². The van der Waals surface area contributed by atoms with E-state index in [0.29, 0.717) is 5.56 Å². The van der Waals surface area contributed by atoms with Crippen molar-refractivity contribution in [2.75, 3.05) is 31.4 Å². The highest BCUT2D eigenvalue weighted by molar-refractivity contribution is 7.98. The molecule has 4 heterocycles. The Kier molecular flexibility index (Phi) is 6.51. The number of rotatable bonds is 3. The number of halogens is 2. The average molecular weight is 556 g/mol. The Labute approximate surface area is 225 Å². The van der Waals surface area contributed by atoms with Crippen molar-refractivity contribution in [3.05, 3.63) is 92.9 Å². The van der Waals surface area contributed by atoms with E-state index < -0.39 is 47.1 Å². The summed E-state index contributed by atoms with van der Waals surface area (Å²) in [5.74, 6) is -2.70. The Morgan fingerprint density at radius 2 is 1.95 bits per heavy atom. The lowest BCUT2D eigenvalue weighted by molar-refractivity contribution is -0.0198. The summed E-state index contributed by atoms with van der Waals surface area (Å²) in [4.78, 5) is 41.3. The van der Waals surface area contributed by atoms with Gasteiger partial charge in [-0.15, -0.1) is 11.8 Å². The molecule has 12 heteroatoms. The molecule has 39 heavy (non-hydrogen) atoms. The van der Waals surface area contributed by atoms with E-state index in [0.717, 1.165) is 16.5 Å². The summed E-state index contributed by atoms with van der Waals surface area (Å²) in [5, 5.41) is 1.80. The molecular formula is C27H23F2N3O6S. The van der Waals surface area contributed by atoms with Crippen LogP contribution < -0.4 is 15.2 Å². The lowest BCUT2D eigenvalue weighted by Crippen LogP contribution is -2.66. The van der Waals surface area contributed by atoms with Crippen LogP contribution in [0.15, 0.2) is 58.4 Å². The van der Waals surface area contributed by atoms with Crippen molar-refractivity contribution < 1.29 is 32.6 Å². The number of benzene rings is 2. The molecular weight excluding hydrogens is 532 g/mol. The fraction of sp³-hybridized carbons (Fsp3) is 0.296. The Bertz CT molecular complexity index is 1550. The minimum Gasteiger partial charge on any atom is -0.434 e. The van der Waals surface area contributed by atoms with Crippen molar-refractivity contribution in [1.29, 1.82) is 0 Å². The van der Waals surface area contributed by atoms with Crippen LogP contribution in [-0.2, 0) is 15.2 Å². The molecule has 1 amide bonds. The molecule has 0 spiro atoms. The number of amides is 1. The average Bonchev–Trinajstić information content (AvgIpc) is 3.10. The Morgan fingerprint density at radius 3 is 2.77 bits per heavy atom. The topological polar surface area (TPSA) is 90.3 Å². The van der Waals surface area contributed by atoms with Crippen LogP contribution in [0.4, 0.5) is 13.6 Å². The van der Waals surface area contributed by atoms with Gasteiger partial charge >= 0.3 is 6.16 Å². The number of pyridine rings is 1. The zero-order valence-corrected chi connectivity index (χ0v) is 21.6. The molecule has 3 aromatic rings.